The highest BCUT2D eigenvalue weighted by Gasteiger charge is 2.31. The molecule has 0 saturated carbocycles. The highest BCUT2D eigenvalue weighted by molar-refractivity contribution is 7.88. The van der Waals surface area contributed by atoms with Crippen molar-refractivity contribution in [3.05, 3.63) is 0 Å². The molecule has 160 valence electrons. The van der Waals surface area contributed by atoms with Gasteiger partial charge in [-0.2, -0.15) is 0 Å². The first-order valence-electron chi connectivity index (χ1n) is 10.3. The lowest BCUT2D eigenvalue weighted by molar-refractivity contribution is -0.131. The molecule has 2 fully saturated rings. The average Bonchev–Trinajstić information content (AvgIpc) is 2.53. The van der Waals surface area contributed by atoms with Crippen LogP contribution in [0.25, 0.3) is 0 Å². The van der Waals surface area contributed by atoms with E-state index in [1.165, 1.54) is 19.1 Å². The van der Waals surface area contributed by atoms with Crippen molar-refractivity contribution in [1.29, 1.82) is 0 Å². The van der Waals surface area contributed by atoms with Crippen molar-refractivity contribution in [3.8, 4) is 0 Å². The van der Waals surface area contributed by atoms with E-state index in [4.69, 9.17) is 0 Å². The molecule has 2 aliphatic heterocycles. The molecule has 0 bridgehead atoms. The minimum absolute atomic E-state index is 0.231. The Hall–Kier alpha value is -0.620. The lowest BCUT2D eigenvalue weighted by atomic mass is 9.76. The number of piperidine rings is 2. The fourth-order valence-corrected chi connectivity index (χ4v) is 4.90. The molecule has 2 aliphatic rings. The smallest absolute Gasteiger partial charge is 0.219 e. The number of hydrogen-bond acceptors (Lipinski definition) is 3. The van der Waals surface area contributed by atoms with E-state index in [1.54, 1.807) is 11.2 Å². The number of rotatable bonds is 1. The van der Waals surface area contributed by atoms with E-state index in [0.717, 1.165) is 25.9 Å². The highest BCUT2D eigenvalue weighted by atomic mass is 32.2. The molecule has 0 spiro atoms. The Morgan fingerprint density at radius 3 is 1.70 bits per heavy atom. The Labute approximate surface area is 167 Å². The largest absolute Gasteiger partial charge is 0.343 e. The van der Waals surface area contributed by atoms with Crippen molar-refractivity contribution in [2.24, 2.45) is 22.7 Å². The molecule has 1 amide bonds. The molecule has 2 heterocycles. The average molecular weight is 403 g/mol. The SMILES string of the molecule is CC(=O)N1CCCC(C(C)(C)C)C1.CC(C)(C)C1CCN(S(C)(=O)=O)CC1. The maximum atomic E-state index is 11.3. The number of sulfonamides is 1. The van der Waals surface area contributed by atoms with Crippen molar-refractivity contribution in [2.75, 3.05) is 32.4 Å². The van der Waals surface area contributed by atoms with E-state index < -0.39 is 10.0 Å². The molecule has 0 radical (unpaired) electrons. The van der Waals surface area contributed by atoms with Crippen molar-refractivity contribution in [3.63, 3.8) is 0 Å². The molecule has 5 nitrogen and oxygen atoms in total. The maximum Gasteiger partial charge on any atom is 0.219 e. The van der Waals surface area contributed by atoms with Crippen LogP contribution >= 0.6 is 0 Å². The van der Waals surface area contributed by atoms with Gasteiger partial charge in [0.05, 0.1) is 6.26 Å². The summed E-state index contributed by atoms with van der Waals surface area (Å²) in [6.45, 7) is 18.5. The van der Waals surface area contributed by atoms with Gasteiger partial charge in [-0.1, -0.05) is 41.5 Å². The normalized spacial score (nSPS) is 23.6. The fourth-order valence-electron chi connectivity index (χ4n) is 4.02. The van der Waals surface area contributed by atoms with Crippen LogP contribution in [0.3, 0.4) is 0 Å². The van der Waals surface area contributed by atoms with E-state index >= 15 is 0 Å². The van der Waals surface area contributed by atoms with E-state index in [-0.39, 0.29) is 5.91 Å². The van der Waals surface area contributed by atoms with Crippen LogP contribution in [0.5, 0.6) is 0 Å². The first-order chi connectivity index (χ1) is 12.1. The Bertz CT molecular complexity index is 580. The Morgan fingerprint density at radius 2 is 1.33 bits per heavy atom. The molecule has 0 aromatic rings. The molecule has 0 aromatic carbocycles. The Kier molecular flexibility index (Phi) is 8.37. The number of hydrogen-bond donors (Lipinski definition) is 0. The van der Waals surface area contributed by atoms with Gasteiger partial charge >= 0.3 is 0 Å². The van der Waals surface area contributed by atoms with Crippen molar-refractivity contribution >= 4 is 15.9 Å². The molecule has 27 heavy (non-hydrogen) atoms. The Morgan fingerprint density at radius 1 is 0.852 bits per heavy atom. The summed E-state index contributed by atoms with van der Waals surface area (Å²) in [7, 11) is -2.96. The number of likely N-dealkylation sites (tertiary alicyclic amines) is 1. The summed E-state index contributed by atoms with van der Waals surface area (Å²) in [5, 5.41) is 0. The number of carbonyl (C=O) groups is 1. The zero-order valence-corrected chi connectivity index (χ0v) is 19.7. The molecule has 1 unspecified atom stereocenters. The summed E-state index contributed by atoms with van der Waals surface area (Å²) in [6, 6.07) is 0. The lowest BCUT2D eigenvalue weighted by Gasteiger charge is -2.39. The van der Waals surface area contributed by atoms with Gasteiger partial charge < -0.3 is 4.90 Å². The topological polar surface area (TPSA) is 57.7 Å². The summed E-state index contributed by atoms with van der Waals surface area (Å²) >= 11 is 0. The maximum absolute atomic E-state index is 11.3. The minimum Gasteiger partial charge on any atom is -0.343 e. The third kappa shape index (κ3) is 8.10. The molecule has 6 heteroatoms. The van der Waals surface area contributed by atoms with E-state index in [2.05, 4.69) is 41.5 Å². The summed E-state index contributed by atoms with van der Waals surface area (Å²) in [5.41, 5.74) is 0.651. The van der Waals surface area contributed by atoms with E-state index in [9.17, 15) is 13.2 Å². The van der Waals surface area contributed by atoms with Crippen molar-refractivity contribution in [2.45, 2.75) is 74.1 Å². The first-order valence-corrected chi connectivity index (χ1v) is 12.2. The first kappa shape index (κ1) is 24.4. The quantitative estimate of drug-likeness (QED) is 0.666. The van der Waals surface area contributed by atoms with Crippen LogP contribution in [0.4, 0.5) is 0 Å². The third-order valence-corrected chi connectivity index (χ3v) is 7.54. The van der Waals surface area contributed by atoms with Gasteiger partial charge in [0.15, 0.2) is 0 Å². The van der Waals surface area contributed by atoms with Gasteiger partial charge in [0.25, 0.3) is 0 Å². The Balaban J connectivity index is 0.000000271. The summed E-state index contributed by atoms with van der Waals surface area (Å²) in [6.07, 6.45) is 5.73. The molecule has 0 N–H and O–H groups in total. The number of amides is 1. The molecule has 0 aromatic heterocycles. The van der Waals surface area contributed by atoms with Gasteiger partial charge in [0, 0.05) is 33.1 Å². The van der Waals surface area contributed by atoms with Gasteiger partial charge in [0.1, 0.15) is 0 Å². The fraction of sp³-hybridized carbons (Fsp3) is 0.952. The van der Waals surface area contributed by atoms with Gasteiger partial charge in [-0.3, -0.25) is 4.79 Å². The molecule has 2 rings (SSSR count). The summed E-state index contributed by atoms with van der Waals surface area (Å²) in [4.78, 5) is 13.2. The van der Waals surface area contributed by atoms with E-state index in [1.807, 2.05) is 4.90 Å². The van der Waals surface area contributed by atoms with E-state index in [0.29, 0.717) is 35.8 Å². The minimum atomic E-state index is -2.96. The van der Waals surface area contributed by atoms with Gasteiger partial charge in [-0.25, -0.2) is 12.7 Å². The zero-order chi connectivity index (χ0) is 21.0. The molecule has 2 saturated heterocycles. The van der Waals surface area contributed by atoms with Crippen LogP contribution in [0.1, 0.15) is 74.1 Å². The van der Waals surface area contributed by atoms with Crippen molar-refractivity contribution < 1.29 is 13.2 Å². The second kappa shape index (κ2) is 9.25. The predicted molar refractivity (Wildman–Crippen MR) is 113 cm³/mol. The van der Waals surface area contributed by atoms with Crippen LogP contribution in [-0.2, 0) is 14.8 Å². The van der Waals surface area contributed by atoms with Crippen LogP contribution < -0.4 is 0 Å². The second-order valence-corrected chi connectivity index (χ2v) is 12.5. The molecular formula is C21H42N2O3S. The molecule has 0 aliphatic carbocycles. The van der Waals surface area contributed by atoms with Gasteiger partial charge in [-0.15, -0.1) is 0 Å². The monoisotopic (exact) mass is 402 g/mol. The molecule has 1 atom stereocenters. The highest BCUT2D eigenvalue weighted by Crippen LogP contribution is 2.35. The summed E-state index contributed by atoms with van der Waals surface area (Å²) in [5.74, 6) is 1.56. The standard InChI is InChI=1S/C11H21NO.C10H21NO2S/c1-9(13)12-7-5-6-10(8-12)11(2,3)4;1-10(2,3)9-5-7-11(8-6-9)14(4,12)13/h10H,5-8H2,1-4H3;9H,5-8H2,1-4H3. The van der Waals surface area contributed by atoms with Gasteiger partial charge in [0.2, 0.25) is 15.9 Å². The van der Waals surface area contributed by atoms with Crippen LogP contribution in [0.2, 0.25) is 0 Å². The lowest BCUT2D eigenvalue weighted by Crippen LogP contribution is -2.42. The van der Waals surface area contributed by atoms with Crippen molar-refractivity contribution in [1.82, 2.24) is 9.21 Å². The van der Waals surface area contributed by atoms with Crippen LogP contribution in [-0.4, -0.2) is 56.0 Å². The van der Waals surface area contributed by atoms with Crippen LogP contribution in [0.15, 0.2) is 0 Å². The number of nitrogens with zero attached hydrogens (tertiary/aromatic N) is 2. The van der Waals surface area contributed by atoms with Gasteiger partial charge in [-0.05, 0) is 48.3 Å². The van der Waals surface area contributed by atoms with Crippen LogP contribution in [0, 0.1) is 22.7 Å². The summed E-state index contributed by atoms with van der Waals surface area (Å²) < 4.78 is 24.1. The zero-order valence-electron chi connectivity index (χ0n) is 18.8. The predicted octanol–water partition coefficient (Wildman–Crippen LogP) is 4.00. The third-order valence-electron chi connectivity index (χ3n) is 6.24. The molecular weight excluding hydrogens is 360 g/mol. The number of carbonyl (C=O) groups excluding carboxylic acids is 1. The second-order valence-electron chi connectivity index (χ2n) is 10.5.